The average Bonchev–Trinajstić information content (AvgIpc) is 2.74. The minimum Gasteiger partial charge on any atom is -0.351 e. The fraction of sp³-hybridized carbons (Fsp3) is 0.381. The molecule has 5 nitrogen and oxygen atoms in total. The minimum absolute atomic E-state index is 0.0946. The number of aromatic nitrogens is 1. The molecule has 3 rings (SSSR count). The number of halogens is 3. The summed E-state index contributed by atoms with van der Waals surface area (Å²) >= 11 is 18.1. The summed E-state index contributed by atoms with van der Waals surface area (Å²) in [6.45, 7) is 0. The molecular formula is C21H22Cl3N3O2. The Kier molecular flexibility index (Phi) is 7.76. The molecule has 0 saturated heterocycles. The highest BCUT2D eigenvalue weighted by Crippen LogP contribution is 2.33. The van der Waals surface area contributed by atoms with E-state index in [2.05, 4.69) is 10.3 Å². The minimum atomic E-state index is -0.922. The van der Waals surface area contributed by atoms with E-state index in [1.807, 2.05) is 0 Å². The van der Waals surface area contributed by atoms with Crippen molar-refractivity contribution < 1.29 is 9.59 Å². The van der Waals surface area contributed by atoms with E-state index in [9.17, 15) is 9.59 Å². The van der Waals surface area contributed by atoms with Crippen molar-refractivity contribution in [3.63, 3.8) is 0 Å². The topological polar surface area (TPSA) is 62.3 Å². The van der Waals surface area contributed by atoms with Crippen molar-refractivity contribution in [2.24, 2.45) is 0 Å². The quantitative estimate of drug-likeness (QED) is 0.614. The van der Waals surface area contributed by atoms with E-state index in [0.717, 1.165) is 25.7 Å². The number of hydrogen-bond acceptors (Lipinski definition) is 3. The van der Waals surface area contributed by atoms with Crippen LogP contribution in [0.4, 0.5) is 5.69 Å². The van der Waals surface area contributed by atoms with Crippen LogP contribution >= 0.6 is 34.8 Å². The summed E-state index contributed by atoms with van der Waals surface area (Å²) in [5.74, 6) is -0.972. The molecular weight excluding hydrogens is 433 g/mol. The number of anilines is 1. The smallest absolute Gasteiger partial charge is 0.248 e. The van der Waals surface area contributed by atoms with Crippen LogP contribution in [-0.2, 0) is 9.59 Å². The summed E-state index contributed by atoms with van der Waals surface area (Å²) in [6, 6.07) is 7.47. The Balaban J connectivity index is 2.01. The molecule has 1 aliphatic carbocycles. The molecule has 0 bridgehead atoms. The molecule has 1 aromatic heterocycles. The molecule has 1 saturated carbocycles. The number of nitrogens with zero attached hydrogens (tertiary/aromatic N) is 2. The molecule has 1 aromatic carbocycles. The van der Waals surface area contributed by atoms with Crippen LogP contribution in [0, 0.1) is 0 Å². The van der Waals surface area contributed by atoms with Gasteiger partial charge in [-0.25, -0.2) is 0 Å². The summed E-state index contributed by atoms with van der Waals surface area (Å²) in [7, 11) is 0. The van der Waals surface area contributed by atoms with Gasteiger partial charge in [-0.2, -0.15) is 0 Å². The van der Waals surface area contributed by atoms with Crippen molar-refractivity contribution in [3.8, 4) is 0 Å². The van der Waals surface area contributed by atoms with E-state index in [1.165, 1.54) is 11.3 Å². The molecule has 1 N–H and O–H groups in total. The number of hydrogen-bond donors (Lipinski definition) is 1. The molecule has 1 unspecified atom stereocenters. The summed E-state index contributed by atoms with van der Waals surface area (Å²) in [6.07, 6.45) is 8.41. The summed E-state index contributed by atoms with van der Waals surface area (Å²) in [5.41, 5.74) is 1.03. The van der Waals surface area contributed by atoms with Crippen molar-refractivity contribution >= 4 is 52.3 Å². The number of nitrogens with one attached hydrogen (secondary N) is 1. The number of carbonyl (C=O) groups excluding carboxylic acids is 2. The van der Waals surface area contributed by atoms with Gasteiger partial charge in [-0.3, -0.25) is 19.5 Å². The van der Waals surface area contributed by atoms with Crippen LogP contribution in [0.3, 0.4) is 0 Å². The highest BCUT2D eigenvalue weighted by Gasteiger charge is 2.34. The predicted molar refractivity (Wildman–Crippen MR) is 117 cm³/mol. The van der Waals surface area contributed by atoms with Crippen molar-refractivity contribution in [3.05, 3.63) is 58.3 Å². The maximum Gasteiger partial charge on any atom is 0.248 e. The number of alkyl halides is 1. The van der Waals surface area contributed by atoms with Crippen molar-refractivity contribution in [2.45, 2.75) is 44.2 Å². The lowest BCUT2D eigenvalue weighted by Gasteiger charge is -2.33. The molecule has 0 aliphatic heterocycles. The van der Waals surface area contributed by atoms with Gasteiger partial charge in [-0.1, -0.05) is 48.5 Å². The lowest BCUT2D eigenvalue weighted by Crippen LogP contribution is -2.47. The zero-order chi connectivity index (χ0) is 20.8. The van der Waals surface area contributed by atoms with Crippen LogP contribution in [0.2, 0.25) is 10.0 Å². The Morgan fingerprint density at radius 2 is 1.90 bits per heavy atom. The van der Waals surface area contributed by atoms with Gasteiger partial charge in [0.1, 0.15) is 11.9 Å². The molecule has 154 valence electrons. The van der Waals surface area contributed by atoms with Crippen LogP contribution in [0.5, 0.6) is 0 Å². The van der Waals surface area contributed by atoms with Gasteiger partial charge in [-0.15, -0.1) is 11.6 Å². The Hall–Kier alpha value is -1.82. The third kappa shape index (κ3) is 5.41. The van der Waals surface area contributed by atoms with E-state index in [4.69, 9.17) is 34.8 Å². The second-order valence-corrected chi connectivity index (χ2v) is 8.11. The van der Waals surface area contributed by atoms with Gasteiger partial charge in [0, 0.05) is 29.7 Å². The van der Waals surface area contributed by atoms with Crippen LogP contribution in [-0.4, -0.2) is 28.7 Å². The number of amides is 2. The summed E-state index contributed by atoms with van der Waals surface area (Å²) in [5, 5.41) is 3.76. The van der Waals surface area contributed by atoms with Crippen LogP contribution in [0.25, 0.3) is 0 Å². The van der Waals surface area contributed by atoms with E-state index in [0.29, 0.717) is 16.3 Å². The van der Waals surface area contributed by atoms with E-state index in [-0.39, 0.29) is 22.9 Å². The molecule has 0 spiro atoms. The second-order valence-electron chi connectivity index (χ2n) is 7.03. The van der Waals surface area contributed by atoms with Gasteiger partial charge in [0.15, 0.2) is 0 Å². The van der Waals surface area contributed by atoms with Crippen molar-refractivity contribution in [2.75, 3.05) is 10.8 Å². The monoisotopic (exact) mass is 453 g/mol. The lowest BCUT2D eigenvalue weighted by molar-refractivity contribution is -0.126. The predicted octanol–water partition coefficient (Wildman–Crippen LogP) is 5.15. The molecule has 1 atom stereocenters. The number of benzene rings is 1. The average molecular weight is 455 g/mol. The zero-order valence-corrected chi connectivity index (χ0v) is 18.1. The molecule has 1 fully saturated rings. The van der Waals surface area contributed by atoms with Crippen molar-refractivity contribution in [1.82, 2.24) is 10.3 Å². The van der Waals surface area contributed by atoms with E-state index in [1.54, 1.807) is 42.7 Å². The first-order valence-electron chi connectivity index (χ1n) is 9.54. The SMILES string of the molecule is O=C(NC1CCCCC1)C(c1cccnc1)N(C(=O)CCl)c1ccc(Cl)c(Cl)c1. The van der Waals surface area contributed by atoms with Crippen molar-refractivity contribution in [1.29, 1.82) is 0 Å². The Morgan fingerprint density at radius 1 is 1.14 bits per heavy atom. The molecule has 2 amide bonds. The van der Waals surface area contributed by atoms with Crippen LogP contribution in [0.1, 0.15) is 43.7 Å². The first-order chi connectivity index (χ1) is 14.0. The van der Waals surface area contributed by atoms with E-state index < -0.39 is 11.9 Å². The van der Waals surface area contributed by atoms with Gasteiger partial charge >= 0.3 is 0 Å². The Bertz CT molecular complexity index is 858. The molecule has 29 heavy (non-hydrogen) atoms. The number of pyridine rings is 1. The van der Waals surface area contributed by atoms with Crippen LogP contribution in [0.15, 0.2) is 42.7 Å². The standard InChI is InChI=1S/C21H22Cl3N3O2/c22-12-19(28)27(16-8-9-17(23)18(24)11-16)20(14-5-4-10-25-13-14)21(29)26-15-6-2-1-3-7-15/h4-5,8-11,13,15,20H,1-3,6-7,12H2,(H,26,29). The van der Waals surface area contributed by atoms with Gasteiger partial charge in [0.2, 0.25) is 11.8 Å². The van der Waals surface area contributed by atoms with Gasteiger partial charge in [0.25, 0.3) is 0 Å². The van der Waals surface area contributed by atoms with Gasteiger partial charge < -0.3 is 5.32 Å². The second kappa shape index (κ2) is 10.3. The molecule has 0 radical (unpaired) electrons. The maximum absolute atomic E-state index is 13.4. The Morgan fingerprint density at radius 3 is 2.52 bits per heavy atom. The molecule has 1 aliphatic rings. The highest BCUT2D eigenvalue weighted by molar-refractivity contribution is 6.42. The summed E-state index contributed by atoms with van der Waals surface area (Å²) in [4.78, 5) is 31.7. The third-order valence-corrected chi connectivity index (χ3v) is 5.99. The molecule has 2 aromatic rings. The fourth-order valence-electron chi connectivity index (χ4n) is 3.62. The first kappa shape index (κ1) is 21.9. The largest absolute Gasteiger partial charge is 0.351 e. The molecule has 1 heterocycles. The van der Waals surface area contributed by atoms with E-state index >= 15 is 0 Å². The Labute approximate surface area is 185 Å². The number of rotatable bonds is 6. The summed E-state index contributed by atoms with van der Waals surface area (Å²) < 4.78 is 0. The first-order valence-corrected chi connectivity index (χ1v) is 10.8. The number of carbonyl (C=O) groups is 2. The molecule has 8 heteroatoms. The fourth-order valence-corrected chi connectivity index (χ4v) is 4.04. The lowest BCUT2D eigenvalue weighted by atomic mass is 9.94. The third-order valence-electron chi connectivity index (χ3n) is 5.02. The van der Waals surface area contributed by atoms with Gasteiger partial charge in [0.05, 0.1) is 10.0 Å². The zero-order valence-electron chi connectivity index (χ0n) is 15.8. The maximum atomic E-state index is 13.4. The highest BCUT2D eigenvalue weighted by atomic mass is 35.5. The van der Waals surface area contributed by atoms with Gasteiger partial charge in [-0.05, 0) is 37.1 Å². The van der Waals surface area contributed by atoms with Crippen LogP contribution < -0.4 is 10.2 Å². The normalized spacial score (nSPS) is 15.6.